The number of nitro benzene ring substituents is 1. The Bertz CT molecular complexity index is 950. The summed E-state index contributed by atoms with van der Waals surface area (Å²) in [5.74, 6) is 0. The van der Waals surface area contributed by atoms with Crippen LogP contribution in [0.3, 0.4) is 0 Å². The number of aromatic nitrogens is 1. The maximum atomic E-state index is 11.2. The first-order chi connectivity index (χ1) is 12.6. The van der Waals surface area contributed by atoms with Gasteiger partial charge in [0.2, 0.25) is 0 Å². The van der Waals surface area contributed by atoms with Crippen molar-refractivity contribution in [3.05, 3.63) is 64.3 Å². The summed E-state index contributed by atoms with van der Waals surface area (Å²) in [6.45, 7) is 1.16. The molecule has 0 spiro atoms. The van der Waals surface area contributed by atoms with E-state index in [9.17, 15) is 10.1 Å². The van der Waals surface area contributed by atoms with Crippen molar-refractivity contribution in [3.8, 4) is 0 Å². The van der Waals surface area contributed by atoms with Crippen LogP contribution in [-0.2, 0) is 6.42 Å². The Balaban J connectivity index is 1.63. The summed E-state index contributed by atoms with van der Waals surface area (Å²) in [6.07, 6.45) is 5.60. The number of likely N-dealkylation sites (N-methyl/N-ethyl adjacent to an activating group) is 1. The van der Waals surface area contributed by atoms with Crippen molar-refractivity contribution in [2.24, 2.45) is 0 Å². The first-order valence-corrected chi connectivity index (χ1v) is 8.92. The molecule has 0 aliphatic carbocycles. The Labute approximate surface area is 152 Å². The van der Waals surface area contributed by atoms with Crippen LogP contribution in [0.2, 0.25) is 0 Å². The number of para-hydroxylation sites is 2. The Morgan fingerprint density at radius 1 is 1.31 bits per heavy atom. The zero-order valence-electron chi connectivity index (χ0n) is 14.7. The highest BCUT2D eigenvalue weighted by molar-refractivity contribution is 5.87. The largest absolute Gasteiger partial charge is 0.361 e. The van der Waals surface area contributed by atoms with E-state index in [1.54, 1.807) is 18.2 Å². The number of nitrogens with zero attached hydrogens (tertiary/aromatic N) is 2. The number of rotatable bonds is 5. The molecule has 3 aromatic rings. The van der Waals surface area contributed by atoms with Crippen LogP contribution in [0.25, 0.3) is 10.9 Å². The van der Waals surface area contributed by atoms with E-state index >= 15 is 0 Å². The highest BCUT2D eigenvalue weighted by atomic mass is 16.6. The van der Waals surface area contributed by atoms with Crippen LogP contribution < -0.4 is 5.32 Å². The van der Waals surface area contributed by atoms with E-state index in [0.717, 1.165) is 24.2 Å². The molecule has 1 aromatic heterocycles. The molecule has 0 unspecified atom stereocenters. The molecule has 6 nitrogen and oxygen atoms in total. The van der Waals surface area contributed by atoms with Crippen molar-refractivity contribution in [3.63, 3.8) is 0 Å². The number of likely N-dealkylation sites (tertiary alicyclic amines) is 1. The summed E-state index contributed by atoms with van der Waals surface area (Å²) in [6, 6.07) is 13.3. The minimum Gasteiger partial charge on any atom is -0.361 e. The molecule has 0 saturated carbocycles. The van der Waals surface area contributed by atoms with E-state index in [1.807, 2.05) is 12.1 Å². The van der Waals surface area contributed by atoms with Crippen LogP contribution in [0.1, 0.15) is 18.4 Å². The fourth-order valence-corrected chi connectivity index (χ4v) is 3.81. The second-order valence-corrected chi connectivity index (χ2v) is 6.95. The summed E-state index contributed by atoms with van der Waals surface area (Å²) in [7, 11) is 2.19. The predicted octanol–water partition coefficient (Wildman–Crippen LogP) is 4.46. The monoisotopic (exact) mass is 350 g/mol. The van der Waals surface area contributed by atoms with Crippen molar-refractivity contribution in [1.82, 2.24) is 9.88 Å². The third kappa shape index (κ3) is 3.15. The van der Waals surface area contributed by atoms with Gasteiger partial charge in [-0.1, -0.05) is 12.1 Å². The van der Waals surface area contributed by atoms with Gasteiger partial charge < -0.3 is 15.2 Å². The van der Waals surface area contributed by atoms with Gasteiger partial charge in [-0.3, -0.25) is 10.1 Å². The number of anilines is 2. The molecule has 4 rings (SSSR count). The molecule has 0 bridgehead atoms. The number of nitro groups is 1. The van der Waals surface area contributed by atoms with Gasteiger partial charge in [0.15, 0.2) is 0 Å². The lowest BCUT2D eigenvalue weighted by atomic mass is 10.0. The quantitative estimate of drug-likeness (QED) is 0.526. The van der Waals surface area contributed by atoms with Crippen LogP contribution >= 0.6 is 0 Å². The Hall–Kier alpha value is -2.86. The second kappa shape index (κ2) is 6.80. The van der Waals surface area contributed by atoms with E-state index in [2.05, 4.69) is 34.5 Å². The van der Waals surface area contributed by atoms with Gasteiger partial charge in [-0.15, -0.1) is 0 Å². The predicted molar refractivity (Wildman–Crippen MR) is 104 cm³/mol. The summed E-state index contributed by atoms with van der Waals surface area (Å²) >= 11 is 0. The van der Waals surface area contributed by atoms with E-state index < -0.39 is 0 Å². The number of H-pyrrole nitrogens is 1. The molecule has 0 radical (unpaired) electrons. The van der Waals surface area contributed by atoms with E-state index in [-0.39, 0.29) is 10.6 Å². The van der Waals surface area contributed by atoms with Crippen molar-refractivity contribution >= 4 is 28.0 Å². The number of benzene rings is 2. The lowest BCUT2D eigenvalue weighted by molar-refractivity contribution is -0.383. The number of hydrogen-bond acceptors (Lipinski definition) is 4. The topological polar surface area (TPSA) is 74.2 Å². The lowest BCUT2D eigenvalue weighted by Crippen LogP contribution is -2.26. The smallest absolute Gasteiger partial charge is 0.292 e. The molecule has 1 atom stereocenters. The minimum atomic E-state index is -0.363. The number of fused-ring (bicyclic) bond motifs is 1. The van der Waals surface area contributed by atoms with Crippen LogP contribution in [0.5, 0.6) is 0 Å². The zero-order valence-corrected chi connectivity index (χ0v) is 14.7. The molecule has 1 aliphatic heterocycles. The molecular weight excluding hydrogens is 328 g/mol. The third-order valence-electron chi connectivity index (χ3n) is 5.27. The van der Waals surface area contributed by atoms with E-state index in [0.29, 0.717) is 11.7 Å². The maximum Gasteiger partial charge on any atom is 0.292 e. The molecule has 2 aromatic carbocycles. The normalized spacial score (nSPS) is 17.7. The molecule has 6 heteroatoms. The molecule has 2 N–H and O–H groups in total. The van der Waals surface area contributed by atoms with Crippen LogP contribution in [0.4, 0.5) is 17.1 Å². The number of aromatic amines is 1. The molecule has 26 heavy (non-hydrogen) atoms. The third-order valence-corrected chi connectivity index (χ3v) is 5.27. The zero-order chi connectivity index (χ0) is 18.1. The van der Waals surface area contributed by atoms with Gasteiger partial charge in [-0.05, 0) is 62.7 Å². The average Bonchev–Trinajstić information content (AvgIpc) is 3.22. The van der Waals surface area contributed by atoms with Crippen LogP contribution in [0, 0.1) is 10.1 Å². The van der Waals surface area contributed by atoms with Crippen LogP contribution in [0.15, 0.2) is 48.7 Å². The summed E-state index contributed by atoms with van der Waals surface area (Å²) in [5.41, 5.74) is 3.82. The highest BCUT2D eigenvalue weighted by Gasteiger charge is 2.22. The molecular formula is C20H22N4O2. The fraction of sp³-hybridized carbons (Fsp3) is 0.300. The molecule has 2 heterocycles. The van der Waals surface area contributed by atoms with Gasteiger partial charge >= 0.3 is 0 Å². The lowest BCUT2D eigenvalue weighted by Gasteiger charge is -2.18. The first-order valence-electron chi connectivity index (χ1n) is 8.92. The van der Waals surface area contributed by atoms with Gasteiger partial charge in [0.05, 0.1) is 4.92 Å². The van der Waals surface area contributed by atoms with Crippen molar-refractivity contribution in [2.45, 2.75) is 25.3 Å². The second-order valence-electron chi connectivity index (χ2n) is 6.95. The van der Waals surface area contributed by atoms with Crippen molar-refractivity contribution in [1.29, 1.82) is 0 Å². The maximum absolute atomic E-state index is 11.2. The van der Waals surface area contributed by atoms with Gasteiger partial charge in [0.25, 0.3) is 5.69 Å². The van der Waals surface area contributed by atoms with Gasteiger partial charge in [0, 0.05) is 34.9 Å². The van der Waals surface area contributed by atoms with Crippen LogP contribution in [-0.4, -0.2) is 34.4 Å². The summed E-state index contributed by atoms with van der Waals surface area (Å²) < 4.78 is 0. The molecule has 0 amide bonds. The SMILES string of the molecule is CN1CCC[C@@H]1Cc1c[nH]c2ccc(Nc3ccccc3[N+](=O)[O-])cc12. The number of hydrogen-bond donors (Lipinski definition) is 2. The standard InChI is InChI=1S/C20H22N4O2/c1-23-10-4-5-16(23)11-14-13-21-18-9-8-15(12-17(14)18)22-19-6-2-3-7-20(19)24(25)26/h2-3,6-9,12-13,16,21-22H,4-5,10-11H2,1H3/t16-/m1/s1. The average molecular weight is 350 g/mol. The molecule has 134 valence electrons. The number of nitrogens with one attached hydrogen (secondary N) is 2. The molecule has 1 fully saturated rings. The van der Waals surface area contributed by atoms with Gasteiger partial charge in [-0.2, -0.15) is 0 Å². The summed E-state index contributed by atoms with van der Waals surface area (Å²) in [5, 5.41) is 15.6. The molecule has 1 saturated heterocycles. The Morgan fingerprint density at radius 2 is 2.15 bits per heavy atom. The summed E-state index contributed by atoms with van der Waals surface area (Å²) in [4.78, 5) is 16.6. The Morgan fingerprint density at radius 3 is 2.92 bits per heavy atom. The highest BCUT2D eigenvalue weighted by Crippen LogP contribution is 2.30. The van der Waals surface area contributed by atoms with Crippen molar-refractivity contribution < 1.29 is 4.92 Å². The Kier molecular flexibility index (Phi) is 4.34. The van der Waals surface area contributed by atoms with Gasteiger partial charge in [0.1, 0.15) is 5.69 Å². The minimum absolute atomic E-state index is 0.0782. The van der Waals surface area contributed by atoms with Gasteiger partial charge in [-0.25, -0.2) is 0 Å². The van der Waals surface area contributed by atoms with Crippen molar-refractivity contribution in [2.75, 3.05) is 18.9 Å². The molecule has 1 aliphatic rings. The fourth-order valence-electron chi connectivity index (χ4n) is 3.81. The van der Waals surface area contributed by atoms with E-state index in [4.69, 9.17) is 0 Å². The first kappa shape index (κ1) is 16.6. The van der Waals surface area contributed by atoms with E-state index in [1.165, 1.54) is 29.9 Å².